The molecule has 0 aromatic rings. The minimum Gasteiger partial charge on any atom is -0.396 e. The van der Waals surface area contributed by atoms with Gasteiger partial charge in [-0.05, 0) is 19.8 Å². The lowest BCUT2D eigenvalue weighted by molar-refractivity contribution is 0.261. The highest BCUT2D eigenvalue weighted by molar-refractivity contribution is 5.16. The lowest BCUT2D eigenvalue weighted by atomic mass is 9.83. The van der Waals surface area contributed by atoms with Crippen LogP contribution in [0.4, 0.5) is 0 Å². The van der Waals surface area contributed by atoms with E-state index in [4.69, 9.17) is 5.11 Å². The van der Waals surface area contributed by atoms with Crippen LogP contribution in [0.3, 0.4) is 0 Å². The van der Waals surface area contributed by atoms with Crippen LogP contribution in [0.15, 0.2) is 24.3 Å². The van der Waals surface area contributed by atoms with E-state index in [9.17, 15) is 0 Å². The molecule has 0 bridgehead atoms. The van der Waals surface area contributed by atoms with Crippen LogP contribution in [0, 0.1) is 5.41 Å². The lowest BCUT2D eigenvalue weighted by Crippen LogP contribution is -2.36. The largest absolute Gasteiger partial charge is 0.396 e. The van der Waals surface area contributed by atoms with Crippen LogP contribution in [0.2, 0.25) is 0 Å². The molecular formula is C12H21NO. The predicted molar refractivity (Wildman–Crippen MR) is 60.2 cm³/mol. The van der Waals surface area contributed by atoms with Crippen LogP contribution in [0.5, 0.6) is 0 Å². The van der Waals surface area contributed by atoms with Crippen LogP contribution in [0.1, 0.15) is 26.7 Å². The smallest absolute Gasteiger partial charge is 0.0445 e. The van der Waals surface area contributed by atoms with Gasteiger partial charge in [-0.25, -0.2) is 0 Å². The lowest BCUT2D eigenvalue weighted by Gasteiger charge is -2.28. The number of allylic oxidation sites excluding steroid dienone is 3. The Bertz CT molecular complexity index is 222. The van der Waals surface area contributed by atoms with Gasteiger partial charge in [-0.15, -0.1) is 0 Å². The van der Waals surface area contributed by atoms with Crippen molar-refractivity contribution >= 4 is 0 Å². The summed E-state index contributed by atoms with van der Waals surface area (Å²) in [6.07, 6.45) is 10.6. The molecule has 0 unspecified atom stereocenters. The van der Waals surface area contributed by atoms with E-state index < -0.39 is 0 Å². The van der Waals surface area contributed by atoms with E-state index in [1.807, 2.05) is 0 Å². The van der Waals surface area contributed by atoms with E-state index in [0.717, 1.165) is 19.4 Å². The quantitative estimate of drug-likeness (QED) is 0.702. The molecule has 1 aliphatic carbocycles. The molecule has 0 fully saturated rings. The maximum absolute atomic E-state index is 8.77. The highest BCUT2D eigenvalue weighted by Crippen LogP contribution is 2.25. The minimum atomic E-state index is 0.248. The number of aliphatic hydroxyl groups excluding tert-OH is 1. The van der Waals surface area contributed by atoms with Gasteiger partial charge in [0.05, 0.1) is 0 Å². The third-order valence-electron chi connectivity index (χ3n) is 2.75. The summed E-state index contributed by atoms with van der Waals surface area (Å²) in [7, 11) is 0. The molecule has 2 N–H and O–H groups in total. The molecule has 2 heteroatoms. The van der Waals surface area contributed by atoms with E-state index in [-0.39, 0.29) is 12.0 Å². The summed E-state index contributed by atoms with van der Waals surface area (Å²) in [6, 6.07) is 0.399. The molecule has 0 saturated carbocycles. The van der Waals surface area contributed by atoms with Crippen molar-refractivity contribution in [2.45, 2.75) is 32.7 Å². The van der Waals surface area contributed by atoms with Crippen molar-refractivity contribution in [3.8, 4) is 0 Å². The van der Waals surface area contributed by atoms with Crippen molar-refractivity contribution in [1.29, 1.82) is 0 Å². The minimum absolute atomic E-state index is 0.248. The summed E-state index contributed by atoms with van der Waals surface area (Å²) in [5.74, 6) is 0. The second-order valence-electron chi connectivity index (χ2n) is 4.44. The standard InChI is InChI=1S/C12H21NO/c1-11(6-9-14)13-10-12(2)7-4-3-5-8-12/h3-5,7,11,13-14H,6,8-10H2,1-2H3/t11-,12-/m1/s1. The van der Waals surface area contributed by atoms with Crippen molar-refractivity contribution in [3.05, 3.63) is 24.3 Å². The summed E-state index contributed by atoms with van der Waals surface area (Å²) >= 11 is 0. The molecule has 0 radical (unpaired) electrons. The SMILES string of the molecule is C[C@H](CCO)NC[C@]1(C)C=CC=CC1. The molecule has 2 nitrogen and oxygen atoms in total. The molecule has 0 heterocycles. The molecule has 14 heavy (non-hydrogen) atoms. The second kappa shape index (κ2) is 5.32. The zero-order valence-corrected chi connectivity index (χ0v) is 9.16. The van der Waals surface area contributed by atoms with Crippen LogP contribution < -0.4 is 5.32 Å². The van der Waals surface area contributed by atoms with Crippen molar-refractivity contribution in [1.82, 2.24) is 5.32 Å². The third kappa shape index (κ3) is 3.64. The monoisotopic (exact) mass is 195 g/mol. The Labute approximate surface area is 86.7 Å². The van der Waals surface area contributed by atoms with Gasteiger partial charge in [-0.2, -0.15) is 0 Å². The Morgan fingerprint density at radius 3 is 2.86 bits per heavy atom. The molecule has 0 aliphatic heterocycles. The molecule has 0 aromatic carbocycles. The van der Waals surface area contributed by atoms with Gasteiger partial charge in [0, 0.05) is 24.6 Å². The average molecular weight is 195 g/mol. The van der Waals surface area contributed by atoms with Gasteiger partial charge in [0.2, 0.25) is 0 Å². The Morgan fingerprint density at radius 2 is 2.29 bits per heavy atom. The first-order valence-electron chi connectivity index (χ1n) is 5.35. The van der Waals surface area contributed by atoms with E-state index in [2.05, 4.69) is 43.5 Å². The molecule has 0 amide bonds. The Morgan fingerprint density at radius 1 is 1.50 bits per heavy atom. The zero-order valence-electron chi connectivity index (χ0n) is 9.16. The molecule has 0 aromatic heterocycles. The van der Waals surface area contributed by atoms with Crippen LogP contribution in [0.25, 0.3) is 0 Å². The van der Waals surface area contributed by atoms with Crippen molar-refractivity contribution in [3.63, 3.8) is 0 Å². The number of hydrogen-bond donors (Lipinski definition) is 2. The van der Waals surface area contributed by atoms with E-state index in [0.29, 0.717) is 6.04 Å². The van der Waals surface area contributed by atoms with Gasteiger partial charge >= 0.3 is 0 Å². The first-order chi connectivity index (χ1) is 6.66. The van der Waals surface area contributed by atoms with Gasteiger partial charge in [0.15, 0.2) is 0 Å². The van der Waals surface area contributed by atoms with Gasteiger partial charge in [0.1, 0.15) is 0 Å². The maximum atomic E-state index is 8.77. The molecular weight excluding hydrogens is 174 g/mol. The Hall–Kier alpha value is -0.600. The predicted octanol–water partition coefficient (Wildman–Crippen LogP) is 1.87. The van der Waals surface area contributed by atoms with E-state index in [1.165, 1.54) is 0 Å². The molecule has 2 atom stereocenters. The third-order valence-corrected chi connectivity index (χ3v) is 2.75. The Kier molecular flexibility index (Phi) is 4.36. The second-order valence-corrected chi connectivity index (χ2v) is 4.44. The summed E-state index contributed by atoms with van der Waals surface area (Å²) in [6.45, 7) is 5.61. The highest BCUT2D eigenvalue weighted by atomic mass is 16.3. The van der Waals surface area contributed by atoms with Crippen LogP contribution >= 0.6 is 0 Å². The van der Waals surface area contributed by atoms with Gasteiger partial charge in [-0.3, -0.25) is 0 Å². The number of hydrogen-bond acceptors (Lipinski definition) is 2. The maximum Gasteiger partial charge on any atom is 0.0445 e. The fourth-order valence-electron chi connectivity index (χ4n) is 1.61. The number of aliphatic hydroxyl groups is 1. The summed E-state index contributed by atoms with van der Waals surface area (Å²) in [4.78, 5) is 0. The summed E-state index contributed by atoms with van der Waals surface area (Å²) < 4.78 is 0. The Balaban J connectivity index is 2.29. The van der Waals surface area contributed by atoms with Crippen molar-refractivity contribution < 1.29 is 5.11 Å². The fourth-order valence-corrected chi connectivity index (χ4v) is 1.61. The normalized spacial score (nSPS) is 27.9. The number of rotatable bonds is 5. The van der Waals surface area contributed by atoms with Gasteiger partial charge < -0.3 is 10.4 Å². The van der Waals surface area contributed by atoms with E-state index in [1.54, 1.807) is 0 Å². The first-order valence-corrected chi connectivity index (χ1v) is 5.35. The summed E-state index contributed by atoms with van der Waals surface area (Å²) in [5.41, 5.74) is 0.248. The summed E-state index contributed by atoms with van der Waals surface area (Å²) in [5, 5.41) is 12.2. The van der Waals surface area contributed by atoms with Crippen molar-refractivity contribution in [2.75, 3.05) is 13.2 Å². The zero-order chi connectivity index (χ0) is 10.4. The molecule has 1 aliphatic rings. The van der Waals surface area contributed by atoms with Gasteiger partial charge in [0.25, 0.3) is 0 Å². The topological polar surface area (TPSA) is 32.3 Å². The van der Waals surface area contributed by atoms with Gasteiger partial charge in [-0.1, -0.05) is 31.2 Å². The first kappa shape index (κ1) is 11.5. The van der Waals surface area contributed by atoms with E-state index >= 15 is 0 Å². The van der Waals surface area contributed by atoms with Crippen LogP contribution in [-0.4, -0.2) is 24.3 Å². The molecule has 1 rings (SSSR count). The molecule has 0 spiro atoms. The number of nitrogens with one attached hydrogen (secondary N) is 1. The fraction of sp³-hybridized carbons (Fsp3) is 0.667. The highest BCUT2D eigenvalue weighted by Gasteiger charge is 2.20. The molecule has 0 saturated heterocycles. The molecule has 80 valence electrons. The average Bonchev–Trinajstić information content (AvgIpc) is 2.17. The van der Waals surface area contributed by atoms with Crippen LogP contribution in [-0.2, 0) is 0 Å². The van der Waals surface area contributed by atoms with Crippen molar-refractivity contribution in [2.24, 2.45) is 5.41 Å².